The predicted molar refractivity (Wildman–Crippen MR) is 78.4 cm³/mol. The van der Waals surface area contributed by atoms with Crippen LogP contribution in [0.3, 0.4) is 0 Å². The number of nitrogens with two attached hydrogens (primary N) is 1. The highest BCUT2D eigenvalue weighted by atomic mass is 32.1. The van der Waals surface area contributed by atoms with E-state index in [1.807, 2.05) is 0 Å². The Kier molecular flexibility index (Phi) is 4.54. The first-order valence-corrected chi connectivity index (χ1v) is 6.86. The molecule has 1 amide bonds. The lowest BCUT2D eigenvalue weighted by molar-refractivity contribution is 0.0702. The smallest absolute Gasteiger partial charge is 0.260 e. The maximum atomic E-state index is 13.9. The van der Waals surface area contributed by atoms with Gasteiger partial charge in [0, 0.05) is 19.0 Å². The molecule has 108 valence electrons. The standard InChI is InChI=1S/C14H17FN2O2S/c1-19-11-4-2-3-10(15)12(11)14(18)17-7-5-9(6-8-17)13(16)20/h2-4,9H,5-8H2,1H3,(H2,16,20). The first-order valence-electron chi connectivity index (χ1n) is 6.45. The number of methoxy groups -OCH3 is 1. The molecule has 0 bridgehead atoms. The third-order valence-electron chi connectivity index (χ3n) is 3.59. The van der Waals surface area contributed by atoms with Gasteiger partial charge in [-0.25, -0.2) is 4.39 Å². The molecule has 6 heteroatoms. The molecule has 1 aromatic rings. The summed E-state index contributed by atoms with van der Waals surface area (Å²) in [5.74, 6) is -0.491. The van der Waals surface area contributed by atoms with Gasteiger partial charge in [0.25, 0.3) is 5.91 Å². The van der Waals surface area contributed by atoms with Gasteiger partial charge < -0.3 is 15.4 Å². The molecular formula is C14H17FN2O2S. The molecule has 2 rings (SSSR count). The number of likely N-dealkylation sites (tertiary alicyclic amines) is 1. The van der Waals surface area contributed by atoms with Crippen LogP contribution in [0.5, 0.6) is 5.75 Å². The highest BCUT2D eigenvalue weighted by molar-refractivity contribution is 7.80. The fourth-order valence-corrected chi connectivity index (χ4v) is 2.64. The number of rotatable bonds is 3. The molecule has 1 heterocycles. The number of halogens is 1. The average molecular weight is 296 g/mol. The molecule has 0 aromatic heterocycles. The van der Waals surface area contributed by atoms with Gasteiger partial charge in [0.05, 0.1) is 12.1 Å². The monoisotopic (exact) mass is 296 g/mol. The lowest BCUT2D eigenvalue weighted by Crippen LogP contribution is -2.41. The zero-order chi connectivity index (χ0) is 14.7. The van der Waals surface area contributed by atoms with E-state index in [0.29, 0.717) is 18.1 Å². The number of nitrogens with zero attached hydrogens (tertiary/aromatic N) is 1. The number of carbonyl (C=O) groups excluding carboxylic acids is 1. The van der Waals surface area contributed by atoms with Gasteiger partial charge in [-0.15, -0.1) is 0 Å². The Hall–Kier alpha value is -1.69. The third-order valence-corrected chi connectivity index (χ3v) is 3.93. The van der Waals surface area contributed by atoms with E-state index in [1.165, 1.54) is 19.2 Å². The highest BCUT2D eigenvalue weighted by Gasteiger charge is 2.28. The minimum atomic E-state index is -0.564. The van der Waals surface area contributed by atoms with Gasteiger partial charge in [-0.3, -0.25) is 4.79 Å². The van der Waals surface area contributed by atoms with Gasteiger partial charge >= 0.3 is 0 Å². The molecule has 0 radical (unpaired) electrons. The Morgan fingerprint density at radius 1 is 1.45 bits per heavy atom. The average Bonchev–Trinajstić information content (AvgIpc) is 2.46. The van der Waals surface area contributed by atoms with E-state index >= 15 is 0 Å². The van der Waals surface area contributed by atoms with Crippen LogP contribution < -0.4 is 10.5 Å². The first-order chi connectivity index (χ1) is 9.54. The van der Waals surface area contributed by atoms with E-state index in [4.69, 9.17) is 22.7 Å². The van der Waals surface area contributed by atoms with Crippen LogP contribution in [0, 0.1) is 11.7 Å². The number of hydrogen-bond acceptors (Lipinski definition) is 3. The number of thiocarbonyl (C=S) groups is 1. The van der Waals surface area contributed by atoms with Crippen LogP contribution in [-0.2, 0) is 0 Å². The summed E-state index contributed by atoms with van der Waals surface area (Å²) in [5, 5.41) is 0. The predicted octanol–water partition coefficient (Wildman–Crippen LogP) is 1.97. The van der Waals surface area contributed by atoms with Gasteiger partial charge in [-0.2, -0.15) is 0 Å². The van der Waals surface area contributed by atoms with Crippen LogP contribution in [0.25, 0.3) is 0 Å². The summed E-state index contributed by atoms with van der Waals surface area (Å²) in [6.07, 6.45) is 1.44. The van der Waals surface area contributed by atoms with Crippen molar-refractivity contribution >= 4 is 23.1 Å². The minimum Gasteiger partial charge on any atom is -0.496 e. The normalized spacial score (nSPS) is 16.0. The lowest BCUT2D eigenvalue weighted by atomic mass is 9.96. The van der Waals surface area contributed by atoms with E-state index in [0.717, 1.165) is 12.8 Å². The SMILES string of the molecule is COc1cccc(F)c1C(=O)N1CCC(C(N)=S)CC1. The molecule has 2 N–H and O–H groups in total. The summed E-state index contributed by atoms with van der Waals surface area (Å²) in [4.78, 5) is 14.5. The Morgan fingerprint density at radius 3 is 2.65 bits per heavy atom. The van der Waals surface area contributed by atoms with Crippen LogP contribution in [0.2, 0.25) is 0 Å². The zero-order valence-corrected chi connectivity index (χ0v) is 12.1. The van der Waals surface area contributed by atoms with Crippen LogP contribution in [0.4, 0.5) is 4.39 Å². The molecule has 0 spiro atoms. The second-order valence-corrected chi connectivity index (χ2v) is 5.26. The van der Waals surface area contributed by atoms with Crippen LogP contribution in [0.1, 0.15) is 23.2 Å². The number of hydrogen-bond donors (Lipinski definition) is 1. The molecular weight excluding hydrogens is 279 g/mol. The molecule has 1 aromatic carbocycles. The molecule has 1 aliphatic heterocycles. The molecule has 1 fully saturated rings. The van der Waals surface area contributed by atoms with Crippen LogP contribution in [0.15, 0.2) is 18.2 Å². The third kappa shape index (κ3) is 2.90. The van der Waals surface area contributed by atoms with Crippen molar-refractivity contribution in [3.05, 3.63) is 29.6 Å². The summed E-state index contributed by atoms with van der Waals surface area (Å²) in [6, 6.07) is 4.36. The summed E-state index contributed by atoms with van der Waals surface area (Å²) < 4.78 is 18.9. The van der Waals surface area contributed by atoms with E-state index in [9.17, 15) is 9.18 Å². The van der Waals surface area contributed by atoms with Crippen molar-refractivity contribution in [2.45, 2.75) is 12.8 Å². The van der Waals surface area contributed by atoms with E-state index in [-0.39, 0.29) is 23.1 Å². The van der Waals surface area contributed by atoms with Crippen molar-refractivity contribution in [3.8, 4) is 5.75 Å². The van der Waals surface area contributed by atoms with Crippen molar-refractivity contribution < 1.29 is 13.9 Å². The van der Waals surface area contributed by atoms with Gasteiger partial charge in [0.1, 0.15) is 17.1 Å². The van der Waals surface area contributed by atoms with Crippen molar-refractivity contribution in [2.75, 3.05) is 20.2 Å². The fourth-order valence-electron chi connectivity index (χ4n) is 2.41. The number of ether oxygens (including phenoxy) is 1. The summed E-state index contributed by atoms with van der Waals surface area (Å²) in [5.41, 5.74) is 5.61. The quantitative estimate of drug-likeness (QED) is 0.867. The Balaban J connectivity index is 2.15. The molecule has 4 nitrogen and oxygen atoms in total. The van der Waals surface area contributed by atoms with Gasteiger partial charge in [0.15, 0.2) is 0 Å². The first kappa shape index (κ1) is 14.7. The van der Waals surface area contributed by atoms with E-state index in [1.54, 1.807) is 11.0 Å². The maximum absolute atomic E-state index is 13.9. The van der Waals surface area contributed by atoms with Crippen molar-refractivity contribution in [1.82, 2.24) is 4.90 Å². The minimum absolute atomic E-state index is 0.0104. The van der Waals surface area contributed by atoms with Gasteiger partial charge in [0.2, 0.25) is 0 Å². The van der Waals surface area contributed by atoms with Crippen molar-refractivity contribution in [3.63, 3.8) is 0 Å². The maximum Gasteiger partial charge on any atom is 0.260 e. The van der Waals surface area contributed by atoms with Crippen molar-refractivity contribution in [1.29, 1.82) is 0 Å². The van der Waals surface area contributed by atoms with Crippen molar-refractivity contribution in [2.24, 2.45) is 11.7 Å². The Morgan fingerprint density at radius 2 is 2.10 bits per heavy atom. The molecule has 0 aliphatic carbocycles. The Labute approximate surface area is 122 Å². The van der Waals surface area contributed by atoms with E-state index < -0.39 is 5.82 Å². The van der Waals surface area contributed by atoms with E-state index in [2.05, 4.69) is 0 Å². The molecule has 0 saturated carbocycles. The molecule has 20 heavy (non-hydrogen) atoms. The number of piperidine rings is 1. The molecule has 1 aliphatic rings. The van der Waals surface area contributed by atoms with Crippen LogP contribution in [-0.4, -0.2) is 36.0 Å². The zero-order valence-electron chi connectivity index (χ0n) is 11.3. The molecule has 0 atom stereocenters. The molecule has 1 saturated heterocycles. The van der Waals surface area contributed by atoms with Crippen LogP contribution >= 0.6 is 12.2 Å². The fraction of sp³-hybridized carbons (Fsp3) is 0.429. The van der Waals surface area contributed by atoms with Gasteiger partial charge in [-0.05, 0) is 25.0 Å². The number of carbonyl (C=O) groups is 1. The summed E-state index contributed by atoms with van der Waals surface area (Å²) in [7, 11) is 1.42. The molecule has 0 unspecified atom stereocenters. The van der Waals surface area contributed by atoms with Gasteiger partial charge in [-0.1, -0.05) is 18.3 Å². The number of amides is 1. The summed E-state index contributed by atoms with van der Waals surface area (Å²) >= 11 is 4.97. The topological polar surface area (TPSA) is 55.6 Å². The highest BCUT2D eigenvalue weighted by Crippen LogP contribution is 2.25. The number of benzene rings is 1. The Bertz CT molecular complexity index is 528. The second kappa shape index (κ2) is 6.17. The second-order valence-electron chi connectivity index (χ2n) is 4.79. The summed E-state index contributed by atoms with van der Waals surface area (Å²) in [6.45, 7) is 1.05. The largest absolute Gasteiger partial charge is 0.496 e. The lowest BCUT2D eigenvalue weighted by Gasteiger charge is -2.31.